The van der Waals surface area contributed by atoms with Crippen LogP contribution in [0.3, 0.4) is 0 Å². The van der Waals surface area contributed by atoms with E-state index < -0.39 is 0 Å². The van der Waals surface area contributed by atoms with Gasteiger partial charge in [0.25, 0.3) is 5.91 Å². The molecule has 128 valence electrons. The van der Waals surface area contributed by atoms with E-state index in [9.17, 15) is 9.18 Å². The molecule has 1 aliphatic rings. The molecular formula is C19H17FN2O3. The maximum Gasteiger partial charge on any atom is 0.270 e. The maximum atomic E-state index is 13.8. The van der Waals surface area contributed by atoms with Crippen molar-refractivity contribution in [1.29, 1.82) is 0 Å². The third-order valence-electron chi connectivity index (χ3n) is 4.32. The maximum absolute atomic E-state index is 13.8. The minimum atomic E-state index is -0.341. The van der Waals surface area contributed by atoms with Crippen LogP contribution in [0.4, 0.5) is 4.39 Å². The second kappa shape index (κ2) is 6.12. The Morgan fingerprint density at radius 2 is 2.04 bits per heavy atom. The minimum absolute atomic E-state index is 0.171. The fraction of sp³-hybridized carbons (Fsp3) is 0.211. The SMILES string of the molecule is CCN(Cc1ccc2c(c1)OCO2)C(=O)c1cc2c(F)cccc2[nH]1. The van der Waals surface area contributed by atoms with Crippen molar-refractivity contribution < 1.29 is 18.7 Å². The van der Waals surface area contributed by atoms with Gasteiger partial charge in [0.1, 0.15) is 11.5 Å². The smallest absolute Gasteiger partial charge is 0.270 e. The molecule has 5 nitrogen and oxygen atoms in total. The van der Waals surface area contributed by atoms with E-state index in [0.29, 0.717) is 41.2 Å². The number of fused-ring (bicyclic) bond motifs is 2. The summed E-state index contributed by atoms with van der Waals surface area (Å²) < 4.78 is 24.5. The van der Waals surface area contributed by atoms with Crippen LogP contribution in [0.25, 0.3) is 10.9 Å². The number of nitrogens with one attached hydrogen (secondary N) is 1. The lowest BCUT2D eigenvalue weighted by atomic mass is 10.2. The van der Waals surface area contributed by atoms with Crippen LogP contribution < -0.4 is 9.47 Å². The number of carbonyl (C=O) groups excluding carboxylic acids is 1. The summed E-state index contributed by atoms with van der Waals surface area (Å²) in [6.07, 6.45) is 0. The number of hydrogen-bond donors (Lipinski definition) is 1. The second-order valence-corrected chi connectivity index (χ2v) is 5.89. The molecule has 25 heavy (non-hydrogen) atoms. The molecule has 1 N–H and O–H groups in total. The van der Waals surface area contributed by atoms with E-state index in [4.69, 9.17) is 9.47 Å². The van der Waals surface area contributed by atoms with Gasteiger partial charge in [-0.1, -0.05) is 12.1 Å². The zero-order valence-corrected chi connectivity index (χ0v) is 13.7. The van der Waals surface area contributed by atoms with Gasteiger partial charge in [0.15, 0.2) is 11.5 Å². The number of halogens is 1. The highest BCUT2D eigenvalue weighted by molar-refractivity contribution is 5.98. The molecule has 0 atom stereocenters. The zero-order valence-electron chi connectivity index (χ0n) is 13.7. The summed E-state index contributed by atoms with van der Waals surface area (Å²) >= 11 is 0. The molecule has 2 aromatic carbocycles. The first-order chi connectivity index (χ1) is 12.2. The number of H-pyrrole nitrogens is 1. The number of rotatable bonds is 4. The van der Waals surface area contributed by atoms with Crippen molar-refractivity contribution in [3.8, 4) is 11.5 Å². The van der Waals surface area contributed by atoms with Crippen molar-refractivity contribution in [2.24, 2.45) is 0 Å². The molecule has 0 saturated heterocycles. The van der Waals surface area contributed by atoms with Gasteiger partial charge in [-0.2, -0.15) is 0 Å². The lowest BCUT2D eigenvalue weighted by Gasteiger charge is -2.20. The molecule has 0 spiro atoms. The van der Waals surface area contributed by atoms with Gasteiger partial charge in [-0.25, -0.2) is 4.39 Å². The molecule has 1 aromatic heterocycles. The fourth-order valence-electron chi connectivity index (χ4n) is 2.99. The van der Waals surface area contributed by atoms with E-state index in [-0.39, 0.29) is 18.5 Å². The average molecular weight is 340 g/mol. The van der Waals surface area contributed by atoms with Gasteiger partial charge in [0, 0.05) is 24.0 Å². The first-order valence-electron chi connectivity index (χ1n) is 8.10. The summed E-state index contributed by atoms with van der Waals surface area (Å²) in [4.78, 5) is 17.5. The van der Waals surface area contributed by atoms with Gasteiger partial charge in [0.2, 0.25) is 6.79 Å². The first kappa shape index (κ1) is 15.5. The number of nitrogens with zero attached hydrogens (tertiary/aromatic N) is 1. The van der Waals surface area contributed by atoms with E-state index >= 15 is 0 Å². The molecule has 1 amide bonds. The van der Waals surface area contributed by atoms with Gasteiger partial charge >= 0.3 is 0 Å². The minimum Gasteiger partial charge on any atom is -0.454 e. The second-order valence-electron chi connectivity index (χ2n) is 5.89. The molecule has 0 aliphatic carbocycles. The summed E-state index contributed by atoms with van der Waals surface area (Å²) in [5.41, 5.74) is 1.94. The highest BCUT2D eigenvalue weighted by Crippen LogP contribution is 2.33. The quantitative estimate of drug-likeness (QED) is 0.788. The standard InChI is InChI=1S/C19H17FN2O3/c1-2-22(10-12-6-7-17-18(8-12)25-11-24-17)19(23)16-9-13-14(20)4-3-5-15(13)21-16/h3-9,21H,2,10-11H2,1H3. The molecule has 4 rings (SSSR count). The van der Waals surface area contributed by atoms with Crippen LogP contribution in [-0.4, -0.2) is 29.1 Å². The molecule has 0 radical (unpaired) electrons. The van der Waals surface area contributed by atoms with E-state index in [2.05, 4.69) is 4.98 Å². The van der Waals surface area contributed by atoms with Crippen LogP contribution >= 0.6 is 0 Å². The van der Waals surface area contributed by atoms with Crippen LogP contribution in [0.5, 0.6) is 11.5 Å². The van der Waals surface area contributed by atoms with E-state index in [1.54, 1.807) is 23.1 Å². The number of amides is 1. The van der Waals surface area contributed by atoms with Crippen molar-refractivity contribution in [1.82, 2.24) is 9.88 Å². The topological polar surface area (TPSA) is 54.6 Å². The predicted molar refractivity (Wildman–Crippen MR) is 91.2 cm³/mol. The highest BCUT2D eigenvalue weighted by Gasteiger charge is 2.19. The van der Waals surface area contributed by atoms with E-state index in [1.807, 2.05) is 25.1 Å². The molecule has 0 fully saturated rings. The van der Waals surface area contributed by atoms with Gasteiger partial charge in [-0.3, -0.25) is 4.79 Å². The molecule has 0 bridgehead atoms. The Morgan fingerprint density at radius 1 is 1.20 bits per heavy atom. The fourth-order valence-corrected chi connectivity index (χ4v) is 2.99. The van der Waals surface area contributed by atoms with Crippen LogP contribution in [0.2, 0.25) is 0 Å². The van der Waals surface area contributed by atoms with Gasteiger partial charge in [-0.05, 0) is 42.8 Å². The lowest BCUT2D eigenvalue weighted by Crippen LogP contribution is -2.30. The van der Waals surface area contributed by atoms with Crippen molar-refractivity contribution in [3.63, 3.8) is 0 Å². The van der Waals surface area contributed by atoms with Crippen LogP contribution in [0.1, 0.15) is 23.0 Å². The molecular weight excluding hydrogens is 323 g/mol. The molecule has 6 heteroatoms. The summed E-state index contributed by atoms with van der Waals surface area (Å²) in [6.45, 7) is 3.10. The monoisotopic (exact) mass is 340 g/mol. The van der Waals surface area contributed by atoms with Crippen molar-refractivity contribution in [3.05, 3.63) is 59.5 Å². The van der Waals surface area contributed by atoms with E-state index in [1.165, 1.54) is 6.07 Å². The van der Waals surface area contributed by atoms with Gasteiger partial charge in [0.05, 0.1) is 0 Å². The largest absolute Gasteiger partial charge is 0.454 e. The van der Waals surface area contributed by atoms with Crippen LogP contribution in [0, 0.1) is 5.82 Å². The number of aromatic amines is 1. The molecule has 0 saturated carbocycles. The molecule has 2 heterocycles. The van der Waals surface area contributed by atoms with Crippen LogP contribution in [-0.2, 0) is 6.54 Å². The number of ether oxygens (including phenoxy) is 2. The highest BCUT2D eigenvalue weighted by atomic mass is 19.1. The number of benzene rings is 2. The predicted octanol–water partition coefficient (Wildman–Crippen LogP) is 3.70. The Hall–Kier alpha value is -3.02. The number of hydrogen-bond acceptors (Lipinski definition) is 3. The van der Waals surface area contributed by atoms with Crippen molar-refractivity contribution >= 4 is 16.8 Å². The Morgan fingerprint density at radius 3 is 2.84 bits per heavy atom. The Bertz CT molecular complexity index is 951. The molecule has 3 aromatic rings. The van der Waals surface area contributed by atoms with Gasteiger partial charge < -0.3 is 19.4 Å². The lowest BCUT2D eigenvalue weighted by molar-refractivity contribution is 0.0747. The normalized spacial score (nSPS) is 12.6. The van der Waals surface area contributed by atoms with Gasteiger partial charge in [-0.15, -0.1) is 0 Å². The number of carbonyl (C=O) groups is 1. The number of aromatic nitrogens is 1. The summed E-state index contributed by atoms with van der Waals surface area (Å²) in [7, 11) is 0. The third kappa shape index (κ3) is 2.80. The molecule has 0 unspecified atom stereocenters. The zero-order chi connectivity index (χ0) is 17.4. The summed E-state index contributed by atoms with van der Waals surface area (Å²) in [6, 6.07) is 12.0. The summed E-state index contributed by atoms with van der Waals surface area (Å²) in [5.74, 6) is 0.889. The first-order valence-corrected chi connectivity index (χ1v) is 8.10. The molecule has 1 aliphatic heterocycles. The van der Waals surface area contributed by atoms with E-state index in [0.717, 1.165) is 5.56 Å². The average Bonchev–Trinajstić information content (AvgIpc) is 3.26. The Kier molecular flexibility index (Phi) is 3.80. The van der Waals surface area contributed by atoms with Crippen LogP contribution in [0.15, 0.2) is 42.5 Å². The Balaban J connectivity index is 1.59. The Labute approximate surface area is 144 Å². The van der Waals surface area contributed by atoms with Crippen molar-refractivity contribution in [2.75, 3.05) is 13.3 Å². The summed E-state index contributed by atoms with van der Waals surface area (Å²) in [5, 5.41) is 0.421. The van der Waals surface area contributed by atoms with Crippen molar-refractivity contribution in [2.45, 2.75) is 13.5 Å². The third-order valence-corrected chi connectivity index (χ3v) is 4.32.